The minimum atomic E-state index is -0.659. The van der Waals surface area contributed by atoms with Crippen molar-refractivity contribution in [1.29, 1.82) is 0 Å². The molecule has 1 aliphatic rings. The monoisotopic (exact) mass is 354 g/mol. The SMILES string of the molecule is CN(N=CC1=C(Cc2ccccc2)C(=NN(C)C(N)=O)CC=C1)C(N)=O. The van der Waals surface area contributed by atoms with E-state index >= 15 is 0 Å². The van der Waals surface area contributed by atoms with Gasteiger partial charge in [0.25, 0.3) is 0 Å². The highest BCUT2D eigenvalue weighted by molar-refractivity contribution is 6.08. The Kier molecular flexibility index (Phi) is 6.26. The van der Waals surface area contributed by atoms with Crippen molar-refractivity contribution >= 4 is 24.0 Å². The number of allylic oxidation sites excluding steroid dienone is 4. The summed E-state index contributed by atoms with van der Waals surface area (Å²) in [6.45, 7) is 0. The van der Waals surface area contributed by atoms with Gasteiger partial charge in [-0.25, -0.2) is 19.6 Å². The first-order valence-electron chi connectivity index (χ1n) is 8.00. The minimum absolute atomic E-state index is 0.558. The van der Waals surface area contributed by atoms with Crippen molar-refractivity contribution < 1.29 is 9.59 Å². The molecule has 0 aliphatic heterocycles. The lowest BCUT2D eigenvalue weighted by atomic mass is 9.91. The number of primary amides is 2. The Bertz CT molecular complexity index is 795. The Morgan fingerprint density at radius 3 is 2.38 bits per heavy atom. The van der Waals surface area contributed by atoms with Crippen molar-refractivity contribution in [3.63, 3.8) is 0 Å². The van der Waals surface area contributed by atoms with Gasteiger partial charge in [-0.2, -0.15) is 10.2 Å². The zero-order chi connectivity index (χ0) is 19.1. The second-order valence-electron chi connectivity index (χ2n) is 5.72. The Balaban J connectivity index is 2.44. The van der Waals surface area contributed by atoms with E-state index in [4.69, 9.17) is 11.5 Å². The fraction of sp³-hybridized carbons (Fsp3) is 0.222. The molecule has 0 saturated carbocycles. The van der Waals surface area contributed by atoms with Crippen LogP contribution in [0.2, 0.25) is 0 Å². The van der Waals surface area contributed by atoms with Gasteiger partial charge in [0.05, 0.1) is 11.9 Å². The third-order valence-electron chi connectivity index (χ3n) is 3.81. The number of benzene rings is 1. The van der Waals surface area contributed by atoms with Crippen molar-refractivity contribution in [2.75, 3.05) is 14.1 Å². The van der Waals surface area contributed by atoms with Gasteiger partial charge in [-0.1, -0.05) is 42.5 Å². The summed E-state index contributed by atoms with van der Waals surface area (Å²) in [5.74, 6) is 0. The average molecular weight is 354 g/mol. The molecular weight excluding hydrogens is 332 g/mol. The molecule has 0 radical (unpaired) electrons. The highest BCUT2D eigenvalue weighted by atomic mass is 16.2. The van der Waals surface area contributed by atoms with E-state index in [1.165, 1.54) is 14.1 Å². The highest BCUT2D eigenvalue weighted by Crippen LogP contribution is 2.21. The lowest BCUT2D eigenvalue weighted by Gasteiger charge is -2.19. The van der Waals surface area contributed by atoms with E-state index < -0.39 is 12.1 Å². The smallest absolute Gasteiger partial charge is 0.334 e. The fourth-order valence-electron chi connectivity index (χ4n) is 2.35. The van der Waals surface area contributed by atoms with E-state index in [2.05, 4.69) is 10.2 Å². The molecule has 1 aliphatic carbocycles. The number of rotatable bonds is 5. The standard InChI is InChI=1S/C18H22N6O2/c1-23(17(19)25)21-12-14-9-6-10-16(22-24(2)18(20)26)15(14)11-13-7-4-3-5-8-13/h3-9,12H,10-11H2,1-2H3,(H2,19,25)(H2,20,26). The molecule has 8 heteroatoms. The third kappa shape index (κ3) is 5.04. The first kappa shape index (κ1) is 18.9. The molecule has 4 N–H and O–H groups in total. The van der Waals surface area contributed by atoms with Crippen LogP contribution in [0.1, 0.15) is 12.0 Å². The predicted octanol–water partition coefficient (Wildman–Crippen LogP) is 1.85. The van der Waals surface area contributed by atoms with E-state index in [1.807, 2.05) is 42.5 Å². The van der Waals surface area contributed by atoms with Gasteiger partial charge in [0.15, 0.2) is 0 Å². The molecule has 136 valence electrons. The maximum atomic E-state index is 11.3. The number of hydrogen-bond acceptors (Lipinski definition) is 4. The van der Waals surface area contributed by atoms with E-state index in [1.54, 1.807) is 6.21 Å². The van der Waals surface area contributed by atoms with Crippen molar-refractivity contribution in [1.82, 2.24) is 10.0 Å². The van der Waals surface area contributed by atoms with Crippen molar-refractivity contribution in [2.45, 2.75) is 12.8 Å². The molecule has 2 rings (SSSR count). The van der Waals surface area contributed by atoms with Crippen LogP contribution in [0.25, 0.3) is 0 Å². The Morgan fingerprint density at radius 2 is 1.77 bits per heavy atom. The van der Waals surface area contributed by atoms with E-state index in [9.17, 15) is 9.59 Å². The Labute approximate surface area is 152 Å². The molecule has 0 saturated heterocycles. The largest absolute Gasteiger partial charge is 0.350 e. The van der Waals surface area contributed by atoms with Crippen LogP contribution in [-0.2, 0) is 6.42 Å². The summed E-state index contributed by atoms with van der Waals surface area (Å²) in [6, 6.07) is 8.56. The molecule has 0 fully saturated rings. The summed E-state index contributed by atoms with van der Waals surface area (Å²) >= 11 is 0. The zero-order valence-electron chi connectivity index (χ0n) is 14.8. The minimum Gasteiger partial charge on any atom is -0.350 e. The van der Waals surface area contributed by atoms with Crippen molar-refractivity contribution in [3.8, 4) is 0 Å². The molecule has 0 spiro atoms. The summed E-state index contributed by atoms with van der Waals surface area (Å²) < 4.78 is 0. The lowest BCUT2D eigenvalue weighted by Crippen LogP contribution is -2.29. The summed E-state index contributed by atoms with van der Waals surface area (Å²) in [6.07, 6.45) is 6.52. The van der Waals surface area contributed by atoms with Crippen LogP contribution in [0.4, 0.5) is 9.59 Å². The molecule has 0 atom stereocenters. The van der Waals surface area contributed by atoms with E-state index in [-0.39, 0.29) is 0 Å². The van der Waals surface area contributed by atoms with Gasteiger partial charge >= 0.3 is 12.1 Å². The van der Waals surface area contributed by atoms with Crippen LogP contribution in [0.15, 0.2) is 63.8 Å². The van der Waals surface area contributed by atoms with Gasteiger partial charge in [0.2, 0.25) is 0 Å². The van der Waals surface area contributed by atoms with Crippen LogP contribution >= 0.6 is 0 Å². The first-order chi connectivity index (χ1) is 12.4. The number of nitrogens with zero attached hydrogens (tertiary/aromatic N) is 4. The van der Waals surface area contributed by atoms with Gasteiger partial charge < -0.3 is 11.5 Å². The third-order valence-corrected chi connectivity index (χ3v) is 3.81. The maximum Gasteiger partial charge on any atom is 0.334 e. The number of carbonyl (C=O) groups is 2. The van der Waals surface area contributed by atoms with Crippen molar-refractivity contribution in [3.05, 3.63) is 59.2 Å². The highest BCUT2D eigenvalue weighted by Gasteiger charge is 2.17. The van der Waals surface area contributed by atoms with Gasteiger partial charge in [0, 0.05) is 20.5 Å². The molecule has 0 aromatic heterocycles. The molecule has 4 amide bonds. The van der Waals surface area contributed by atoms with Gasteiger partial charge in [0.1, 0.15) is 0 Å². The summed E-state index contributed by atoms with van der Waals surface area (Å²) in [5.41, 5.74) is 13.9. The molecule has 1 aromatic rings. The van der Waals surface area contributed by atoms with Gasteiger partial charge in [-0.05, 0) is 23.1 Å². The Hall–Kier alpha value is -3.42. The van der Waals surface area contributed by atoms with Gasteiger partial charge in [-0.15, -0.1) is 0 Å². The molecule has 0 heterocycles. The summed E-state index contributed by atoms with van der Waals surface area (Å²) in [7, 11) is 2.97. The quantitative estimate of drug-likeness (QED) is 0.620. The average Bonchev–Trinajstić information content (AvgIpc) is 2.62. The first-order valence-corrected chi connectivity index (χ1v) is 8.00. The number of carbonyl (C=O) groups excluding carboxylic acids is 2. The zero-order valence-corrected chi connectivity index (χ0v) is 14.8. The lowest BCUT2D eigenvalue weighted by molar-refractivity contribution is 0.219. The topological polar surface area (TPSA) is 117 Å². The number of hydrazone groups is 2. The molecular formula is C18H22N6O2. The predicted molar refractivity (Wildman–Crippen MR) is 102 cm³/mol. The van der Waals surface area contributed by atoms with Crippen LogP contribution < -0.4 is 11.5 Å². The van der Waals surface area contributed by atoms with Crippen LogP contribution in [0.3, 0.4) is 0 Å². The molecule has 1 aromatic carbocycles. The van der Waals surface area contributed by atoms with Crippen LogP contribution in [-0.4, -0.2) is 48.1 Å². The number of urea groups is 2. The number of hydrogen-bond donors (Lipinski definition) is 2. The second-order valence-corrected chi connectivity index (χ2v) is 5.72. The molecule has 8 nitrogen and oxygen atoms in total. The van der Waals surface area contributed by atoms with Crippen molar-refractivity contribution in [2.24, 2.45) is 21.7 Å². The fourth-order valence-corrected chi connectivity index (χ4v) is 2.35. The van der Waals surface area contributed by atoms with E-state index in [0.717, 1.165) is 26.7 Å². The maximum absolute atomic E-state index is 11.3. The summed E-state index contributed by atoms with van der Waals surface area (Å²) in [5, 5.41) is 10.5. The van der Waals surface area contributed by atoms with Gasteiger partial charge in [-0.3, -0.25) is 0 Å². The van der Waals surface area contributed by atoms with Crippen LogP contribution in [0, 0.1) is 0 Å². The molecule has 26 heavy (non-hydrogen) atoms. The van der Waals surface area contributed by atoms with Crippen LogP contribution in [0.5, 0.6) is 0 Å². The normalized spacial score (nSPS) is 15.5. The molecule has 0 bridgehead atoms. The second kappa shape index (κ2) is 8.61. The summed E-state index contributed by atoms with van der Waals surface area (Å²) in [4.78, 5) is 22.5. The van der Waals surface area contributed by atoms with E-state index in [0.29, 0.717) is 18.6 Å². The molecule has 0 unspecified atom stereocenters. The number of nitrogens with two attached hydrogens (primary N) is 2. The Morgan fingerprint density at radius 1 is 1.12 bits per heavy atom. The number of amides is 4.